The van der Waals surface area contributed by atoms with Gasteiger partial charge in [-0.2, -0.15) is 0 Å². The van der Waals surface area contributed by atoms with E-state index < -0.39 is 12.1 Å². The molecule has 1 atom stereocenters. The maximum Gasteiger partial charge on any atom is 0.339 e. The zero-order valence-electron chi connectivity index (χ0n) is 7.78. The van der Waals surface area contributed by atoms with Crippen LogP contribution in [0.25, 0.3) is 0 Å². The molecule has 70 valence electrons. The summed E-state index contributed by atoms with van der Waals surface area (Å²) in [5, 5.41) is 8.72. The molecule has 0 bridgehead atoms. The molecule has 0 heterocycles. The molecule has 12 heavy (non-hydrogen) atoms. The van der Waals surface area contributed by atoms with Gasteiger partial charge in [-0.05, 0) is 25.3 Å². The van der Waals surface area contributed by atoms with Crippen molar-refractivity contribution in [2.24, 2.45) is 5.92 Å². The van der Waals surface area contributed by atoms with Gasteiger partial charge in [-0.1, -0.05) is 13.8 Å². The molecule has 0 aliphatic rings. The smallest absolute Gasteiger partial charge is 0.339 e. The quantitative estimate of drug-likeness (QED) is 0.516. The summed E-state index contributed by atoms with van der Waals surface area (Å²) in [6, 6.07) is 0. The lowest BCUT2D eigenvalue weighted by Crippen LogP contribution is -2.16. The fraction of sp³-hybridized carbons (Fsp3) is 0.667. The number of ether oxygens (including phenoxy) is 1. The minimum absolute atomic E-state index is 0.548. The Morgan fingerprint density at radius 1 is 1.50 bits per heavy atom. The second-order valence-corrected chi connectivity index (χ2v) is 3.11. The van der Waals surface area contributed by atoms with Gasteiger partial charge in [0.1, 0.15) is 6.10 Å². The Hall–Kier alpha value is -0.830. The molecule has 0 aromatic carbocycles. The summed E-state index contributed by atoms with van der Waals surface area (Å²) in [4.78, 5) is 10.7. The molecule has 0 saturated heterocycles. The maximum absolute atomic E-state index is 10.7. The SMILES string of the molecule is CC(C)CC=COC(=O)C(C)O. The van der Waals surface area contributed by atoms with E-state index in [0.29, 0.717) is 5.92 Å². The third-order valence-corrected chi connectivity index (χ3v) is 1.23. The third kappa shape index (κ3) is 5.92. The summed E-state index contributed by atoms with van der Waals surface area (Å²) < 4.78 is 4.58. The Balaban J connectivity index is 3.54. The fourth-order valence-corrected chi connectivity index (χ4v) is 0.541. The third-order valence-electron chi connectivity index (χ3n) is 1.23. The van der Waals surface area contributed by atoms with E-state index >= 15 is 0 Å². The number of aliphatic hydroxyl groups excluding tert-OH is 1. The largest absolute Gasteiger partial charge is 0.433 e. The van der Waals surface area contributed by atoms with Crippen molar-refractivity contribution < 1.29 is 14.6 Å². The Bertz CT molecular complexity index is 159. The molecule has 1 unspecified atom stereocenters. The highest BCUT2D eigenvalue weighted by atomic mass is 16.5. The molecule has 0 rings (SSSR count). The van der Waals surface area contributed by atoms with Crippen LogP contribution in [-0.4, -0.2) is 17.2 Å². The van der Waals surface area contributed by atoms with Gasteiger partial charge >= 0.3 is 5.97 Å². The fourth-order valence-electron chi connectivity index (χ4n) is 0.541. The molecule has 3 heteroatoms. The van der Waals surface area contributed by atoms with Crippen LogP contribution in [0.3, 0.4) is 0 Å². The minimum atomic E-state index is -1.05. The van der Waals surface area contributed by atoms with E-state index in [4.69, 9.17) is 5.11 Å². The van der Waals surface area contributed by atoms with Crippen LogP contribution in [0.5, 0.6) is 0 Å². The second-order valence-electron chi connectivity index (χ2n) is 3.11. The molecule has 0 aliphatic heterocycles. The van der Waals surface area contributed by atoms with Gasteiger partial charge in [-0.3, -0.25) is 0 Å². The summed E-state index contributed by atoms with van der Waals surface area (Å²) >= 11 is 0. The van der Waals surface area contributed by atoms with Gasteiger partial charge in [0.05, 0.1) is 6.26 Å². The molecule has 0 radical (unpaired) electrons. The number of hydrogen-bond acceptors (Lipinski definition) is 3. The molecule has 3 nitrogen and oxygen atoms in total. The van der Waals surface area contributed by atoms with Crippen molar-refractivity contribution in [2.45, 2.75) is 33.3 Å². The Kier molecular flexibility index (Phi) is 5.37. The van der Waals surface area contributed by atoms with Crippen LogP contribution in [0.15, 0.2) is 12.3 Å². The predicted octanol–water partition coefficient (Wildman–Crippen LogP) is 1.47. The first-order valence-electron chi connectivity index (χ1n) is 4.07. The van der Waals surface area contributed by atoms with Crippen molar-refractivity contribution in [2.75, 3.05) is 0 Å². The molecule has 0 spiro atoms. The lowest BCUT2D eigenvalue weighted by Gasteiger charge is -2.01. The van der Waals surface area contributed by atoms with Crippen LogP contribution in [-0.2, 0) is 9.53 Å². The maximum atomic E-state index is 10.7. The Morgan fingerprint density at radius 3 is 2.50 bits per heavy atom. The normalized spacial score (nSPS) is 13.8. The Morgan fingerprint density at radius 2 is 2.08 bits per heavy atom. The molecule has 0 aliphatic carbocycles. The summed E-state index contributed by atoms with van der Waals surface area (Å²) in [5.74, 6) is -0.0680. The van der Waals surface area contributed by atoms with E-state index in [2.05, 4.69) is 18.6 Å². The van der Waals surface area contributed by atoms with Crippen molar-refractivity contribution in [1.29, 1.82) is 0 Å². The zero-order valence-corrected chi connectivity index (χ0v) is 7.78. The average molecular weight is 172 g/mol. The molecule has 0 amide bonds. The van der Waals surface area contributed by atoms with Crippen LogP contribution >= 0.6 is 0 Å². The number of rotatable bonds is 4. The summed E-state index contributed by atoms with van der Waals surface area (Å²) in [6.07, 6.45) is 2.92. The first-order chi connectivity index (χ1) is 5.54. The van der Waals surface area contributed by atoms with Gasteiger partial charge in [0.15, 0.2) is 0 Å². The van der Waals surface area contributed by atoms with Crippen LogP contribution in [0.1, 0.15) is 27.2 Å². The van der Waals surface area contributed by atoms with Gasteiger partial charge < -0.3 is 9.84 Å². The summed E-state index contributed by atoms with van der Waals surface area (Å²) in [6.45, 7) is 5.51. The number of carbonyl (C=O) groups is 1. The van der Waals surface area contributed by atoms with E-state index in [9.17, 15) is 4.79 Å². The van der Waals surface area contributed by atoms with E-state index in [-0.39, 0.29) is 0 Å². The van der Waals surface area contributed by atoms with Gasteiger partial charge in [0.25, 0.3) is 0 Å². The number of esters is 1. The first kappa shape index (κ1) is 11.2. The van der Waals surface area contributed by atoms with Gasteiger partial charge in [-0.25, -0.2) is 4.79 Å². The molecular weight excluding hydrogens is 156 g/mol. The monoisotopic (exact) mass is 172 g/mol. The van der Waals surface area contributed by atoms with Crippen molar-refractivity contribution in [3.8, 4) is 0 Å². The number of hydrogen-bond donors (Lipinski definition) is 1. The molecule has 0 aromatic heterocycles. The average Bonchev–Trinajstić information content (AvgIpc) is 1.97. The Labute approximate surface area is 73.0 Å². The highest BCUT2D eigenvalue weighted by Gasteiger charge is 2.07. The molecule has 0 fully saturated rings. The molecule has 0 aromatic rings. The lowest BCUT2D eigenvalue weighted by atomic mass is 10.1. The number of allylic oxidation sites excluding steroid dienone is 1. The van der Waals surface area contributed by atoms with Gasteiger partial charge in [-0.15, -0.1) is 0 Å². The van der Waals surface area contributed by atoms with E-state index in [1.54, 1.807) is 6.08 Å². The number of carbonyl (C=O) groups excluding carboxylic acids is 1. The first-order valence-corrected chi connectivity index (χ1v) is 4.07. The highest BCUT2D eigenvalue weighted by Crippen LogP contribution is 2.00. The van der Waals surface area contributed by atoms with E-state index in [0.717, 1.165) is 6.42 Å². The van der Waals surface area contributed by atoms with Crippen LogP contribution in [0.2, 0.25) is 0 Å². The summed E-state index contributed by atoms with van der Waals surface area (Å²) in [5.41, 5.74) is 0. The summed E-state index contributed by atoms with van der Waals surface area (Å²) in [7, 11) is 0. The van der Waals surface area contributed by atoms with Crippen molar-refractivity contribution in [3.63, 3.8) is 0 Å². The zero-order chi connectivity index (χ0) is 9.56. The van der Waals surface area contributed by atoms with Gasteiger partial charge in [0.2, 0.25) is 0 Å². The van der Waals surface area contributed by atoms with Crippen LogP contribution < -0.4 is 0 Å². The predicted molar refractivity (Wildman–Crippen MR) is 46.4 cm³/mol. The lowest BCUT2D eigenvalue weighted by molar-refractivity contribution is -0.146. The van der Waals surface area contributed by atoms with Gasteiger partial charge in [0, 0.05) is 0 Å². The van der Waals surface area contributed by atoms with E-state index in [1.807, 2.05) is 0 Å². The standard InChI is InChI=1S/C9H16O3/c1-7(2)5-4-6-12-9(11)8(3)10/h4,6-8,10H,5H2,1-3H3. The van der Waals surface area contributed by atoms with Crippen molar-refractivity contribution in [3.05, 3.63) is 12.3 Å². The topological polar surface area (TPSA) is 46.5 Å². The molecule has 1 N–H and O–H groups in total. The van der Waals surface area contributed by atoms with Crippen LogP contribution in [0, 0.1) is 5.92 Å². The molecule has 0 saturated carbocycles. The minimum Gasteiger partial charge on any atom is -0.433 e. The molecular formula is C9H16O3. The second kappa shape index (κ2) is 5.77. The van der Waals surface area contributed by atoms with Crippen molar-refractivity contribution >= 4 is 5.97 Å². The number of aliphatic hydroxyl groups is 1. The highest BCUT2D eigenvalue weighted by molar-refractivity contribution is 5.74. The van der Waals surface area contributed by atoms with Crippen LogP contribution in [0.4, 0.5) is 0 Å². The van der Waals surface area contributed by atoms with E-state index in [1.165, 1.54) is 13.2 Å². The van der Waals surface area contributed by atoms with Crippen molar-refractivity contribution in [1.82, 2.24) is 0 Å².